The number of likely N-dealkylation sites (N-methyl/N-ethyl adjacent to an activating group) is 1. The molecule has 3 atom stereocenters. The van der Waals surface area contributed by atoms with Crippen molar-refractivity contribution in [2.75, 3.05) is 46.3 Å². The average Bonchev–Trinajstić information content (AvgIpc) is 3.31. The van der Waals surface area contributed by atoms with E-state index in [1.54, 1.807) is 23.1 Å². The molecule has 3 amide bonds. The van der Waals surface area contributed by atoms with E-state index in [0.29, 0.717) is 19.4 Å². The lowest BCUT2D eigenvalue weighted by atomic mass is 9.80. The van der Waals surface area contributed by atoms with Crippen molar-refractivity contribution >= 4 is 22.8 Å². The molecular formula is C28H35N5O4. The summed E-state index contributed by atoms with van der Waals surface area (Å²) in [4.78, 5) is 39.2. The highest BCUT2D eigenvalue weighted by Gasteiger charge is 2.60. The quantitative estimate of drug-likeness (QED) is 0.540. The zero-order valence-corrected chi connectivity index (χ0v) is 21.5. The van der Waals surface area contributed by atoms with Gasteiger partial charge in [-0.05, 0) is 62.7 Å². The molecular weight excluding hydrogens is 470 g/mol. The number of carbonyl (C=O) groups is 2. The van der Waals surface area contributed by atoms with E-state index in [-0.39, 0.29) is 17.7 Å². The van der Waals surface area contributed by atoms with Gasteiger partial charge in [-0.3, -0.25) is 14.6 Å². The monoisotopic (exact) mass is 505 g/mol. The van der Waals surface area contributed by atoms with Crippen molar-refractivity contribution in [3.05, 3.63) is 53.3 Å². The molecule has 196 valence electrons. The van der Waals surface area contributed by atoms with Gasteiger partial charge in [-0.25, -0.2) is 4.79 Å². The molecule has 0 saturated carbocycles. The Labute approximate surface area is 216 Å². The van der Waals surface area contributed by atoms with Gasteiger partial charge in [-0.1, -0.05) is 18.2 Å². The van der Waals surface area contributed by atoms with Crippen molar-refractivity contribution in [3.63, 3.8) is 0 Å². The van der Waals surface area contributed by atoms with Gasteiger partial charge in [0.2, 0.25) is 0 Å². The van der Waals surface area contributed by atoms with Crippen LogP contribution in [0.3, 0.4) is 0 Å². The highest BCUT2D eigenvalue weighted by atomic mass is 16.3. The van der Waals surface area contributed by atoms with Crippen molar-refractivity contribution in [2.24, 2.45) is 0 Å². The minimum Gasteiger partial charge on any atom is -0.508 e. The third-order valence-electron chi connectivity index (χ3n) is 8.49. The lowest BCUT2D eigenvalue weighted by Gasteiger charge is -2.43. The summed E-state index contributed by atoms with van der Waals surface area (Å²) in [5.74, 6) is -0.0213. The number of hydrogen-bond donors (Lipinski definition) is 3. The van der Waals surface area contributed by atoms with Crippen LogP contribution in [0.5, 0.6) is 5.75 Å². The number of carbonyl (C=O) groups excluding carboxylic acids is 2. The van der Waals surface area contributed by atoms with Crippen molar-refractivity contribution < 1.29 is 19.8 Å². The second-order valence-electron chi connectivity index (χ2n) is 11.1. The first-order valence-corrected chi connectivity index (χ1v) is 13.2. The molecule has 9 nitrogen and oxygen atoms in total. The Hall–Kier alpha value is -3.14. The third kappa shape index (κ3) is 3.96. The van der Waals surface area contributed by atoms with Crippen LogP contribution in [0.15, 0.2) is 42.0 Å². The van der Waals surface area contributed by atoms with Gasteiger partial charge in [0.1, 0.15) is 17.3 Å². The number of phenolic OH excluding ortho intramolecular Hbond substituents is 1. The van der Waals surface area contributed by atoms with E-state index in [0.717, 1.165) is 66.9 Å². The van der Waals surface area contributed by atoms with Crippen molar-refractivity contribution in [1.29, 1.82) is 0 Å². The second kappa shape index (κ2) is 9.01. The SMILES string of the molecule is CN1CCN(CCCN2C(=O)N3[C@H](C4=CC(O)CC=C4)c4[nH]c5ccc(O)cc5c4C[C@@]3(C)C2=O)CC1. The molecule has 4 heterocycles. The Bertz CT molecular complexity index is 1310. The number of aliphatic hydroxyl groups excluding tert-OH is 1. The Morgan fingerprint density at radius 2 is 1.92 bits per heavy atom. The molecule has 6 rings (SSSR count). The van der Waals surface area contributed by atoms with Crippen molar-refractivity contribution in [2.45, 2.75) is 43.9 Å². The number of imide groups is 1. The number of piperazine rings is 1. The van der Waals surface area contributed by atoms with Crippen LogP contribution in [0.4, 0.5) is 4.79 Å². The minimum atomic E-state index is -1.06. The first-order chi connectivity index (χ1) is 17.8. The Balaban J connectivity index is 1.34. The fourth-order valence-electron chi connectivity index (χ4n) is 6.44. The molecule has 37 heavy (non-hydrogen) atoms. The molecule has 2 saturated heterocycles. The lowest BCUT2D eigenvalue weighted by Crippen LogP contribution is -2.53. The first-order valence-electron chi connectivity index (χ1n) is 13.2. The fourth-order valence-corrected chi connectivity index (χ4v) is 6.44. The summed E-state index contributed by atoms with van der Waals surface area (Å²) in [6.45, 7) is 7.16. The number of rotatable bonds is 5. The molecule has 1 aromatic heterocycles. The van der Waals surface area contributed by atoms with Gasteiger partial charge in [-0.2, -0.15) is 0 Å². The predicted molar refractivity (Wildman–Crippen MR) is 140 cm³/mol. The number of H-pyrrole nitrogens is 1. The number of aromatic amines is 1. The van der Waals surface area contributed by atoms with Crippen LogP contribution >= 0.6 is 0 Å². The second-order valence-corrected chi connectivity index (χ2v) is 11.1. The molecule has 0 spiro atoms. The summed E-state index contributed by atoms with van der Waals surface area (Å²) in [5.41, 5.74) is 2.36. The summed E-state index contributed by atoms with van der Waals surface area (Å²) >= 11 is 0. The molecule has 0 bridgehead atoms. The normalized spacial score (nSPS) is 28.7. The van der Waals surface area contributed by atoms with E-state index >= 15 is 0 Å². The van der Waals surface area contributed by atoms with Crippen molar-refractivity contribution in [3.8, 4) is 5.75 Å². The van der Waals surface area contributed by atoms with Gasteiger partial charge < -0.3 is 25.0 Å². The predicted octanol–water partition coefficient (Wildman–Crippen LogP) is 2.38. The van der Waals surface area contributed by atoms with E-state index in [1.807, 2.05) is 25.1 Å². The number of fused-ring (bicyclic) bond motifs is 4. The third-order valence-corrected chi connectivity index (χ3v) is 8.49. The number of aromatic nitrogens is 1. The summed E-state index contributed by atoms with van der Waals surface area (Å²) in [7, 11) is 2.13. The zero-order valence-electron chi connectivity index (χ0n) is 21.5. The molecule has 1 aliphatic carbocycles. The number of nitrogens with one attached hydrogen (secondary N) is 1. The first kappa shape index (κ1) is 24.2. The molecule has 1 aromatic carbocycles. The van der Waals surface area contributed by atoms with Gasteiger partial charge >= 0.3 is 6.03 Å². The number of amides is 3. The van der Waals surface area contributed by atoms with Crippen LogP contribution in [0.2, 0.25) is 0 Å². The van der Waals surface area contributed by atoms with Crippen LogP contribution in [-0.4, -0.2) is 105 Å². The van der Waals surface area contributed by atoms with Crippen LogP contribution in [0.25, 0.3) is 10.9 Å². The molecule has 3 aliphatic heterocycles. The molecule has 2 aromatic rings. The fraction of sp³-hybridized carbons (Fsp3) is 0.500. The Morgan fingerprint density at radius 1 is 1.14 bits per heavy atom. The van der Waals surface area contributed by atoms with Crippen molar-refractivity contribution in [1.82, 2.24) is 24.6 Å². The van der Waals surface area contributed by atoms with Gasteiger partial charge in [0, 0.05) is 55.7 Å². The average molecular weight is 506 g/mol. The topological polar surface area (TPSA) is 103 Å². The minimum absolute atomic E-state index is 0.157. The summed E-state index contributed by atoms with van der Waals surface area (Å²) in [6.07, 6.45) is 6.63. The number of aromatic hydroxyl groups is 1. The zero-order chi connectivity index (χ0) is 25.9. The number of hydrogen-bond acceptors (Lipinski definition) is 6. The van der Waals surface area contributed by atoms with E-state index in [2.05, 4.69) is 21.8 Å². The van der Waals surface area contributed by atoms with Gasteiger partial charge in [-0.15, -0.1) is 0 Å². The molecule has 2 fully saturated rings. The maximum Gasteiger partial charge on any atom is 0.328 e. The van der Waals surface area contributed by atoms with Gasteiger partial charge in [0.15, 0.2) is 0 Å². The Kier molecular flexibility index (Phi) is 5.89. The van der Waals surface area contributed by atoms with E-state index in [9.17, 15) is 19.8 Å². The lowest BCUT2D eigenvalue weighted by molar-refractivity contribution is -0.133. The van der Waals surface area contributed by atoms with Crippen LogP contribution in [-0.2, 0) is 11.2 Å². The number of phenols is 1. The molecule has 1 unspecified atom stereocenters. The van der Waals surface area contributed by atoms with E-state index < -0.39 is 17.7 Å². The summed E-state index contributed by atoms with van der Waals surface area (Å²) in [6, 6.07) is 4.35. The molecule has 3 N–H and O–H groups in total. The highest BCUT2D eigenvalue weighted by Crippen LogP contribution is 2.49. The van der Waals surface area contributed by atoms with Gasteiger partial charge in [0.05, 0.1) is 6.10 Å². The smallest absolute Gasteiger partial charge is 0.328 e. The number of urea groups is 1. The summed E-state index contributed by atoms with van der Waals surface area (Å²) < 4.78 is 0. The van der Waals surface area contributed by atoms with Crippen LogP contribution in [0, 0.1) is 0 Å². The van der Waals surface area contributed by atoms with E-state index in [4.69, 9.17) is 0 Å². The maximum atomic E-state index is 13.9. The Morgan fingerprint density at radius 3 is 2.68 bits per heavy atom. The van der Waals surface area contributed by atoms with Crippen LogP contribution < -0.4 is 0 Å². The van der Waals surface area contributed by atoms with Crippen LogP contribution in [0.1, 0.15) is 37.1 Å². The molecule has 4 aliphatic rings. The largest absolute Gasteiger partial charge is 0.508 e. The number of aliphatic hydroxyl groups is 1. The van der Waals surface area contributed by atoms with E-state index in [1.165, 1.54) is 4.90 Å². The summed E-state index contributed by atoms with van der Waals surface area (Å²) in [5, 5.41) is 21.5. The maximum absolute atomic E-state index is 13.9. The van der Waals surface area contributed by atoms with Gasteiger partial charge in [0.25, 0.3) is 5.91 Å². The molecule has 9 heteroatoms. The highest BCUT2D eigenvalue weighted by molar-refractivity contribution is 6.08. The number of nitrogens with zero attached hydrogens (tertiary/aromatic N) is 4. The molecule has 0 radical (unpaired) electrons. The standard InChI is InChI=1S/C28H35N5O4/c1-28-17-22-21-16-20(35)7-8-23(21)29-24(22)25(18-5-3-6-19(34)15-18)33(28)27(37)32(26(28)36)10-4-9-31-13-11-30(2)12-14-31/h3,5,7-8,15-16,19,25,29,34-35H,4,6,9-14,17H2,1-2H3/t19?,25-,28+/m1/s1. The number of benzene rings is 1.